The zero-order chi connectivity index (χ0) is 18.6. The number of carbonyl (C=O) groups excluding carboxylic acids is 1. The first-order valence-electron chi connectivity index (χ1n) is 8.58. The molecule has 0 spiro atoms. The molecule has 4 aromatic rings. The number of rotatable bonds is 6. The summed E-state index contributed by atoms with van der Waals surface area (Å²) in [5.41, 5.74) is 0.789. The quantitative estimate of drug-likeness (QED) is 0.557. The molecule has 2 heterocycles. The first-order valence-corrected chi connectivity index (χ1v) is 8.95. The van der Waals surface area contributed by atoms with Crippen molar-refractivity contribution < 1.29 is 9.53 Å². The Hall–Kier alpha value is -3.12. The van der Waals surface area contributed by atoms with Crippen molar-refractivity contribution in [3.05, 3.63) is 71.6 Å². The molecule has 136 valence electrons. The van der Waals surface area contributed by atoms with E-state index in [-0.39, 0.29) is 12.5 Å². The topological polar surface area (TPSA) is 68.5 Å². The predicted octanol–water partition coefficient (Wildman–Crippen LogP) is 3.27. The second kappa shape index (κ2) is 7.63. The molecule has 2 aromatic heterocycles. The number of hydrogen-bond donors (Lipinski definition) is 1. The van der Waals surface area contributed by atoms with E-state index < -0.39 is 0 Å². The molecule has 0 aliphatic rings. The molecule has 0 unspecified atom stereocenters. The SMILES string of the molecule is O=C(COc1ccc(Cl)c2ccccc12)NCCc1nnc2ccccn12. The molecule has 7 heteroatoms. The number of aromatic nitrogens is 3. The van der Waals surface area contributed by atoms with Gasteiger partial charge >= 0.3 is 0 Å². The summed E-state index contributed by atoms with van der Waals surface area (Å²) in [6, 6.07) is 16.9. The van der Waals surface area contributed by atoms with E-state index in [9.17, 15) is 4.79 Å². The highest BCUT2D eigenvalue weighted by atomic mass is 35.5. The van der Waals surface area contributed by atoms with Gasteiger partial charge in [0.1, 0.15) is 11.6 Å². The van der Waals surface area contributed by atoms with Crippen LogP contribution in [-0.2, 0) is 11.2 Å². The molecule has 27 heavy (non-hydrogen) atoms. The highest BCUT2D eigenvalue weighted by molar-refractivity contribution is 6.35. The van der Waals surface area contributed by atoms with Gasteiger partial charge in [-0.05, 0) is 24.3 Å². The Labute approximate surface area is 160 Å². The summed E-state index contributed by atoms with van der Waals surface area (Å²) in [6.07, 6.45) is 2.49. The van der Waals surface area contributed by atoms with Gasteiger partial charge in [-0.1, -0.05) is 41.9 Å². The summed E-state index contributed by atoms with van der Waals surface area (Å²) in [6.45, 7) is 0.394. The lowest BCUT2D eigenvalue weighted by atomic mass is 10.1. The molecule has 0 atom stereocenters. The van der Waals surface area contributed by atoms with Crippen LogP contribution in [0.15, 0.2) is 60.8 Å². The number of pyridine rings is 1. The van der Waals surface area contributed by atoms with Gasteiger partial charge in [-0.3, -0.25) is 9.20 Å². The third-order valence-electron chi connectivity index (χ3n) is 4.24. The van der Waals surface area contributed by atoms with E-state index in [1.807, 2.05) is 53.1 Å². The average molecular weight is 381 g/mol. The Morgan fingerprint density at radius 2 is 1.85 bits per heavy atom. The van der Waals surface area contributed by atoms with Crippen LogP contribution in [0.25, 0.3) is 16.4 Å². The Balaban J connectivity index is 1.33. The van der Waals surface area contributed by atoms with Crippen LogP contribution in [0.4, 0.5) is 0 Å². The first-order chi connectivity index (χ1) is 13.2. The van der Waals surface area contributed by atoms with E-state index in [1.165, 1.54) is 0 Å². The van der Waals surface area contributed by atoms with Crippen LogP contribution in [0.5, 0.6) is 5.75 Å². The molecule has 0 radical (unpaired) electrons. The standard InChI is InChI=1S/C20H17ClN4O2/c21-16-8-9-17(15-6-2-1-5-14(15)16)27-13-20(26)22-11-10-19-24-23-18-7-3-4-12-25(18)19/h1-9,12H,10-11,13H2,(H,22,26). The predicted molar refractivity (Wildman–Crippen MR) is 104 cm³/mol. The van der Waals surface area contributed by atoms with Gasteiger partial charge in [-0.25, -0.2) is 0 Å². The summed E-state index contributed by atoms with van der Waals surface area (Å²) in [7, 11) is 0. The van der Waals surface area contributed by atoms with Crippen LogP contribution in [0.2, 0.25) is 5.02 Å². The van der Waals surface area contributed by atoms with Gasteiger partial charge in [0, 0.05) is 35.0 Å². The number of fused-ring (bicyclic) bond motifs is 2. The summed E-state index contributed by atoms with van der Waals surface area (Å²) >= 11 is 6.20. The van der Waals surface area contributed by atoms with Gasteiger partial charge in [0.05, 0.1) is 0 Å². The number of amides is 1. The van der Waals surface area contributed by atoms with Crippen molar-refractivity contribution in [1.29, 1.82) is 0 Å². The highest BCUT2D eigenvalue weighted by Crippen LogP contribution is 2.31. The van der Waals surface area contributed by atoms with Crippen molar-refractivity contribution in [2.45, 2.75) is 6.42 Å². The number of halogens is 1. The van der Waals surface area contributed by atoms with E-state index >= 15 is 0 Å². The molecule has 2 aromatic carbocycles. The minimum Gasteiger partial charge on any atom is -0.483 e. The summed E-state index contributed by atoms with van der Waals surface area (Å²) < 4.78 is 7.60. The molecule has 0 saturated carbocycles. The van der Waals surface area contributed by atoms with Crippen molar-refractivity contribution in [3.63, 3.8) is 0 Å². The van der Waals surface area contributed by atoms with E-state index in [0.29, 0.717) is 23.7 Å². The van der Waals surface area contributed by atoms with E-state index in [0.717, 1.165) is 22.2 Å². The van der Waals surface area contributed by atoms with Gasteiger partial charge in [-0.2, -0.15) is 0 Å². The fourth-order valence-corrected chi connectivity index (χ4v) is 3.16. The van der Waals surface area contributed by atoms with Crippen LogP contribution in [0, 0.1) is 0 Å². The maximum absolute atomic E-state index is 12.1. The Morgan fingerprint density at radius 1 is 1.04 bits per heavy atom. The molecular formula is C20H17ClN4O2. The van der Waals surface area contributed by atoms with Gasteiger partial charge in [-0.15, -0.1) is 10.2 Å². The molecule has 6 nitrogen and oxygen atoms in total. The zero-order valence-corrected chi connectivity index (χ0v) is 15.2. The van der Waals surface area contributed by atoms with Crippen molar-refractivity contribution >= 4 is 33.9 Å². The second-order valence-electron chi connectivity index (χ2n) is 6.02. The number of nitrogens with zero attached hydrogens (tertiary/aromatic N) is 3. The minimum atomic E-state index is -0.192. The highest BCUT2D eigenvalue weighted by Gasteiger charge is 2.09. The van der Waals surface area contributed by atoms with E-state index in [4.69, 9.17) is 16.3 Å². The molecule has 0 bridgehead atoms. The Bertz CT molecular complexity index is 1110. The van der Waals surface area contributed by atoms with E-state index in [1.54, 1.807) is 12.1 Å². The fraction of sp³-hybridized carbons (Fsp3) is 0.150. The largest absolute Gasteiger partial charge is 0.483 e. The summed E-state index contributed by atoms with van der Waals surface area (Å²) in [4.78, 5) is 12.1. The van der Waals surface area contributed by atoms with Gasteiger partial charge in [0.15, 0.2) is 12.3 Å². The smallest absolute Gasteiger partial charge is 0.257 e. The van der Waals surface area contributed by atoms with Crippen molar-refractivity contribution in [3.8, 4) is 5.75 Å². The molecule has 1 amide bonds. The lowest BCUT2D eigenvalue weighted by Crippen LogP contribution is -2.30. The molecule has 0 aliphatic heterocycles. The monoisotopic (exact) mass is 380 g/mol. The van der Waals surface area contributed by atoms with Gasteiger partial charge < -0.3 is 10.1 Å². The van der Waals surface area contributed by atoms with Crippen LogP contribution < -0.4 is 10.1 Å². The number of ether oxygens (including phenoxy) is 1. The third kappa shape index (κ3) is 3.71. The second-order valence-corrected chi connectivity index (χ2v) is 6.43. The molecule has 0 fully saturated rings. The molecule has 0 aliphatic carbocycles. The van der Waals surface area contributed by atoms with Crippen LogP contribution in [0.1, 0.15) is 5.82 Å². The Kier molecular flexibility index (Phi) is 4.89. The number of carbonyl (C=O) groups is 1. The average Bonchev–Trinajstić information content (AvgIpc) is 3.11. The number of nitrogens with one attached hydrogen (secondary N) is 1. The normalized spacial score (nSPS) is 11.0. The third-order valence-corrected chi connectivity index (χ3v) is 4.57. The molecule has 1 N–H and O–H groups in total. The van der Waals surface area contributed by atoms with Crippen molar-refractivity contribution in [2.24, 2.45) is 0 Å². The molecule has 4 rings (SSSR count). The van der Waals surface area contributed by atoms with Crippen molar-refractivity contribution in [1.82, 2.24) is 19.9 Å². The maximum Gasteiger partial charge on any atom is 0.257 e. The Morgan fingerprint density at radius 3 is 2.74 bits per heavy atom. The maximum atomic E-state index is 12.1. The number of benzene rings is 2. The fourth-order valence-electron chi connectivity index (χ4n) is 2.93. The number of hydrogen-bond acceptors (Lipinski definition) is 4. The summed E-state index contributed by atoms with van der Waals surface area (Å²) in [5.74, 6) is 1.24. The van der Waals surface area contributed by atoms with Gasteiger partial charge in [0.2, 0.25) is 0 Å². The van der Waals surface area contributed by atoms with Crippen LogP contribution >= 0.6 is 11.6 Å². The lowest BCUT2D eigenvalue weighted by molar-refractivity contribution is -0.123. The van der Waals surface area contributed by atoms with Crippen LogP contribution in [0.3, 0.4) is 0 Å². The summed E-state index contributed by atoms with van der Waals surface area (Å²) in [5, 5.41) is 13.5. The zero-order valence-electron chi connectivity index (χ0n) is 14.4. The lowest BCUT2D eigenvalue weighted by Gasteiger charge is -2.10. The molecular weight excluding hydrogens is 364 g/mol. The first kappa shape index (κ1) is 17.3. The van der Waals surface area contributed by atoms with Crippen molar-refractivity contribution in [2.75, 3.05) is 13.2 Å². The van der Waals surface area contributed by atoms with Crippen LogP contribution in [-0.4, -0.2) is 33.7 Å². The van der Waals surface area contributed by atoms with Gasteiger partial charge in [0.25, 0.3) is 5.91 Å². The minimum absolute atomic E-state index is 0.0633. The van der Waals surface area contributed by atoms with E-state index in [2.05, 4.69) is 15.5 Å². The molecule has 0 saturated heterocycles.